The van der Waals surface area contributed by atoms with Crippen LogP contribution in [0.3, 0.4) is 0 Å². The fourth-order valence-corrected chi connectivity index (χ4v) is 2.12. The van der Waals surface area contributed by atoms with E-state index < -0.39 is 0 Å². The lowest BCUT2D eigenvalue weighted by molar-refractivity contribution is -0.119. The molecule has 1 atom stereocenters. The normalized spacial score (nSPS) is 11.8. The minimum absolute atomic E-state index is 0. The van der Waals surface area contributed by atoms with Crippen LogP contribution >= 0.6 is 47.2 Å². The average molecular weight is 456 g/mol. The largest absolute Gasteiger partial charge is 0.370 e. The maximum Gasteiger partial charge on any atom is 0.242 e. The molecule has 4 N–H and O–H groups in total. The minimum Gasteiger partial charge on any atom is -0.370 e. The quantitative estimate of drug-likeness (QED) is 0.274. The number of nitriles is 1. The molecule has 1 rings (SSSR count). The van der Waals surface area contributed by atoms with Crippen molar-refractivity contribution in [2.45, 2.75) is 13.0 Å². The first-order valence-corrected chi connectivity index (χ1v) is 6.84. The molecule has 0 bridgehead atoms. The van der Waals surface area contributed by atoms with Gasteiger partial charge in [0.05, 0.1) is 12.1 Å². The van der Waals surface area contributed by atoms with Gasteiger partial charge < -0.3 is 16.4 Å². The maximum atomic E-state index is 11.3. The number of benzene rings is 1. The van der Waals surface area contributed by atoms with Crippen molar-refractivity contribution in [3.63, 3.8) is 0 Å². The SMILES string of the molecule is CC(NC(N)=NCC(=O)NCC#N)c1ccc(Cl)cc1Cl.I. The first-order valence-electron chi connectivity index (χ1n) is 6.09. The molecule has 0 radical (unpaired) electrons. The van der Waals surface area contributed by atoms with E-state index in [0.717, 1.165) is 5.56 Å². The predicted octanol–water partition coefficient (Wildman–Crippen LogP) is 2.22. The summed E-state index contributed by atoms with van der Waals surface area (Å²) < 4.78 is 0. The summed E-state index contributed by atoms with van der Waals surface area (Å²) in [4.78, 5) is 15.1. The van der Waals surface area contributed by atoms with Crippen molar-refractivity contribution in [2.24, 2.45) is 10.7 Å². The van der Waals surface area contributed by atoms with Crippen LogP contribution in [0.5, 0.6) is 0 Å². The molecule has 1 amide bonds. The van der Waals surface area contributed by atoms with Gasteiger partial charge in [0.25, 0.3) is 0 Å². The molecular weight excluding hydrogens is 440 g/mol. The lowest BCUT2D eigenvalue weighted by Crippen LogP contribution is -2.35. The van der Waals surface area contributed by atoms with Crippen LogP contribution in [0.2, 0.25) is 10.0 Å². The van der Waals surface area contributed by atoms with Crippen molar-refractivity contribution in [2.75, 3.05) is 13.1 Å². The van der Waals surface area contributed by atoms with Crippen LogP contribution in [-0.4, -0.2) is 25.0 Å². The Balaban J connectivity index is 0.00000441. The number of carbonyl (C=O) groups excluding carboxylic acids is 1. The van der Waals surface area contributed by atoms with E-state index in [1.54, 1.807) is 24.3 Å². The standard InChI is InChI=1S/C13H15Cl2N5O.HI/c1-8(10-3-2-9(14)6-11(10)15)20-13(17)19-7-12(21)18-5-4-16;/h2-3,6,8H,5,7H2,1H3,(H,18,21)(H3,17,19,20);1H. The van der Waals surface area contributed by atoms with E-state index in [2.05, 4.69) is 15.6 Å². The third kappa shape index (κ3) is 7.15. The van der Waals surface area contributed by atoms with E-state index in [9.17, 15) is 4.79 Å². The van der Waals surface area contributed by atoms with Crippen LogP contribution in [0.1, 0.15) is 18.5 Å². The van der Waals surface area contributed by atoms with Crippen LogP contribution in [0, 0.1) is 11.3 Å². The molecule has 1 aromatic rings. The van der Waals surface area contributed by atoms with E-state index in [1.807, 2.05) is 6.92 Å². The summed E-state index contributed by atoms with van der Waals surface area (Å²) in [5.74, 6) is -0.265. The van der Waals surface area contributed by atoms with Crippen molar-refractivity contribution in [1.29, 1.82) is 5.26 Å². The van der Waals surface area contributed by atoms with Crippen molar-refractivity contribution in [3.8, 4) is 6.07 Å². The highest BCUT2D eigenvalue weighted by Gasteiger charge is 2.10. The number of carbonyl (C=O) groups is 1. The Labute approximate surface area is 156 Å². The Bertz CT molecular complexity index is 588. The number of amides is 1. The van der Waals surface area contributed by atoms with Crippen molar-refractivity contribution >= 4 is 59.0 Å². The number of nitrogens with zero attached hydrogens (tertiary/aromatic N) is 2. The van der Waals surface area contributed by atoms with Gasteiger partial charge >= 0.3 is 0 Å². The maximum absolute atomic E-state index is 11.3. The van der Waals surface area contributed by atoms with Gasteiger partial charge in [-0.05, 0) is 24.6 Å². The number of halogens is 3. The van der Waals surface area contributed by atoms with Crippen LogP contribution in [0.4, 0.5) is 0 Å². The third-order valence-electron chi connectivity index (χ3n) is 2.55. The van der Waals surface area contributed by atoms with Crippen molar-refractivity contribution in [1.82, 2.24) is 10.6 Å². The fraction of sp³-hybridized carbons (Fsp3) is 0.308. The van der Waals surface area contributed by atoms with Crippen molar-refractivity contribution in [3.05, 3.63) is 33.8 Å². The summed E-state index contributed by atoms with van der Waals surface area (Å²) in [5, 5.41) is 14.7. The van der Waals surface area contributed by atoms with E-state index in [0.29, 0.717) is 10.0 Å². The van der Waals surface area contributed by atoms with E-state index in [-0.39, 0.29) is 55.0 Å². The van der Waals surface area contributed by atoms with Gasteiger partial charge in [-0.2, -0.15) is 5.26 Å². The molecule has 1 aromatic carbocycles. The minimum atomic E-state index is -0.376. The molecule has 22 heavy (non-hydrogen) atoms. The number of rotatable bonds is 5. The molecule has 0 aliphatic carbocycles. The molecule has 0 fully saturated rings. The summed E-state index contributed by atoms with van der Waals surface area (Å²) in [6, 6.07) is 6.76. The second-order valence-electron chi connectivity index (χ2n) is 4.17. The molecule has 0 aliphatic rings. The van der Waals surface area contributed by atoms with E-state index in [1.165, 1.54) is 0 Å². The highest BCUT2D eigenvalue weighted by atomic mass is 127. The van der Waals surface area contributed by atoms with Crippen LogP contribution < -0.4 is 16.4 Å². The molecule has 0 saturated carbocycles. The Morgan fingerprint density at radius 2 is 2.18 bits per heavy atom. The van der Waals surface area contributed by atoms with Crippen LogP contribution in [-0.2, 0) is 4.79 Å². The van der Waals surface area contributed by atoms with Gasteiger partial charge in [0.2, 0.25) is 5.91 Å². The van der Waals surface area contributed by atoms with E-state index >= 15 is 0 Å². The summed E-state index contributed by atoms with van der Waals surface area (Å²) in [6.45, 7) is 1.65. The molecular formula is C13H16Cl2IN5O. The Hall–Kier alpha value is -1.24. The van der Waals surface area contributed by atoms with E-state index in [4.69, 9.17) is 34.2 Å². The number of hydrogen-bond acceptors (Lipinski definition) is 3. The Kier molecular flexibility index (Phi) is 9.89. The highest BCUT2D eigenvalue weighted by Crippen LogP contribution is 2.25. The number of guanidine groups is 1. The van der Waals surface area contributed by atoms with Gasteiger partial charge in [-0.15, -0.1) is 24.0 Å². The molecule has 9 heteroatoms. The van der Waals surface area contributed by atoms with Gasteiger partial charge in [-0.25, -0.2) is 4.99 Å². The molecule has 0 aromatic heterocycles. The molecule has 1 unspecified atom stereocenters. The zero-order chi connectivity index (χ0) is 15.8. The van der Waals surface area contributed by atoms with Gasteiger partial charge in [0.15, 0.2) is 5.96 Å². The second kappa shape index (κ2) is 10.5. The highest BCUT2D eigenvalue weighted by molar-refractivity contribution is 14.0. The Morgan fingerprint density at radius 3 is 2.77 bits per heavy atom. The Morgan fingerprint density at radius 1 is 1.50 bits per heavy atom. The topological polar surface area (TPSA) is 103 Å². The predicted molar refractivity (Wildman–Crippen MR) is 98.5 cm³/mol. The number of nitrogens with two attached hydrogens (primary N) is 1. The van der Waals surface area contributed by atoms with Gasteiger partial charge in [0.1, 0.15) is 13.1 Å². The first-order chi connectivity index (χ1) is 9.93. The lowest BCUT2D eigenvalue weighted by Gasteiger charge is -2.16. The monoisotopic (exact) mass is 455 g/mol. The molecule has 120 valence electrons. The van der Waals surface area contributed by atoms with Gasteiger partial charge in [0, 0.05) is 10.0 Å². The number of hydrogen-bond donors (Lipinski definition) is 3. The molecule has 0 aliphatic heterocycles. The second-order valence-corrected chi connectivity index (χ2v) is 5.01. The molecule has 0 spiro atoms. The molecule has 6 nitrogen and oxygen atoms in total. The smallest absolute Gasteiger partial charge is 0.242 e. The zero-order valence-corrected chi connectivity index (χ0v) is 15.6. The average Bonchev–Trinajstić information content (AvgIpc) is 2.42. The van der Waals surface area contributed by atoms with Crippen molar-refractivity contribution < 1.29 is 4.79 Å². The van der Waals surface area contributed by atoms with Gasteiger partial charge in [-0.3, -0.25) is 4.79 Å². The zero-order valence-electron chi connectivity index (χ0n) is 11.8. The molecule has 0 saturated heterocycles. The summed E-state index contributed by atoms with van der Waals surface area (Å²) in [7, 11) is 0. The lowest BCUT2D eigenvalue weighted by atomic mass is 10.1. The summed E-state index contributed by atoms with van der Waals surface area (Å²) >= 11 is 11.9. The number of aliphatic imine (C=N–C) groups is 1. The van der Waals surface area contributed by atoms with Gasteiger partial charge in [-0.1, -0.05) is 29.3 Å². The number of nitrogens with one attached hydrogen (secondary N) is 2. The van der Waals surface area contributed by atoms with Crippen LogP contribution in [0.25, 0.3) is 0 Å². The summed E-state index contributed by atoms with van der Waals surface area (Å²) in [5.41, 5.74) is 6.51. The molecule has 0 heterocycles. The third-order valence-corrected chi connectivity index (χ3v) is 3.11. The first kappa shape index (κ1) is 20.8. The van der Waals surface area contributed by atoms with Crippen LogP contribution in [0.15, 0.2) is 23.2 Å². The summed E-state index contributed by atoms with van der Waals surface area (Å²) in [6.07, 6.45) is 0. The fourth-order valence-electron chi connectivity index (χ4n) is 1.55.